The van der Waals surface area contributed by atoms with E-state index in [0.29, 0.717) is 18.4 Å². The number of aliphatic carboxylic acids is 1. The summed E-state index contributed by atoms with van der Waals surface area (Å²) >= 11 is 0. The summed E-state index contributed by atoms with van der Waals surface area (Å²) in [5, 5.41) is 19.8. The molecule has 1 aliphatic carbocycles. The van der Waals surface area contributed by atoms with Crippen LogP contribution in [0.1, 0.15) is 18.4 Å². The minimum atomic E-state index is -3.98. The monoisotopic (exact) mass is 314 g/mol. The summed E-state index contributed by atoms with van der Waals surface area (Å²) in [6, 6.07) is 3.57. The summed E-state index contributed by atoms with van der Waals surface area (Å²) in [4.78, 5) is 20.9. The molecule has 0 saturated heterocycles. The van der Waals surface area contributed by atoms with Crippen LogP contribution < -0.4 is 4.72 Å². The van der Waals surface area contributed by atoms with Crippen molar-refractivity contribution >= 4 is 21.7 Å². The predicted molar refractivity (Wildman–Crippen MR) is 72.3 cm³/mol. The van der Waals surface area contributed by atoms with Crippen molar-refractivity contribution < 1.29 is 23.2 Å². The Bertz CT molecular complexity index is 708. The van der Waals surface area contributed by atoms with Gasteiger partial charge in [-0.3, -0.25) is 14.9 Å². The lowest BCUT2D eigenvalue weighted by Crippen LogP contribution is -2.34. The number of nitrogens with zero attached hydrogens (tertiary/aromatic N) is 1. The minimum absolute atomic E-state index is 0.216. The fraction of sp³-hybridized carbons (Fsp3) is 0.417. The highest BCUT2D eigenvalue weighted by molar-refractivity contribution is 7.89. The maximum atomic E-state index is 12.1. The molecule has 2 rings (SSSR count). The number of carbonyl (C=O) groups is 1. The van der Waals surface area contributed by atoms with Crippen LogP contribution in [0, 0.1) is 22.5 Å². The standard InChI is InChI=1S/C12H14N2O6S/c1-8-2-3-9(6-10(8)14(17)18)21(19,20)13-7-12(4-5-12)11(15)16/h2-3,6,13H,4-5,7H2,1H3,(H,15,16). The number of carboxylic acids is 1. The fourth-order valence-corrected chi connectivity index (χ4v) is 3.03. The van der Waals surface area contributed by atoms with Gasteiger partial charge in [-0.05, 0) is 25.8 Å². The maximum absolute atomic E-state index is 12.1. The number of rotatable bonds is 6. The molecule has 8 nitrogen and oxygen atoms in total. The minimum Gasteiger partial charge on any atom is -0.481 e. The van der Waals surface area contributed by atoms with Crippen LogP contribution in [0.2, 0.25) is 0 Å². The largest absolute Gasteiger partial charge is 0.481 e. The Labute approximate surface area is 121 Å². The van der Waals surface area contributed by atoms with Gasteiger partial charge in [-0.1, -0.05) is 6.07 Å². The molecular weight excluding hydrogens is 300 g/mol. The number of sulfonamides is 1. The van der Waals surface area contributed by atoms with Crippen LogP contribution in [0.15, 0.2) is 23.1 Å². The summed E-state index contributed by atoms with van der Waals surface area (Å²) in [6.45, 7) is 1.29. The van der Waals surface area contributed by atoms with Gasteiger partial charge in [0.05, 0.1) is 15.2 Å². The zero-order chi connectivity index (χ0) is 15.8. The summed E-state index contributed by atoms with van der Waals surface area (Å²) in [7, 11) is -3.98. The normalized spacial score (nSPS) is 16.4. The number of aryl methyl sites for hydroxylation is 1. The molecule has 0 amide bonds. The van der Waals surface area contributed by atoms with Gasteiger partial charge >= 0.3 is 5.97 Å². The average Bonchev–Trinajstić information content (AvgIpc) is 3.17. The Morgan fingerprint density at radius 2 is 2.10 bits per heavy atom. The van der Waals surface area contributed by atoms with Crippen molar-refractivity contribution in [2.75, 3.05) is 6.54 Å². The van der Waals surface area contributed by atoms with Gasteiger partial charge in [0, 0.05) is 18.2 Å². The average molecular weight is 314 g/mol. The first-order chi connectivity index (χ1) is 9.68. The third kappa shape index (κ3) is 3.03. The highest BCUT2D eigenvalue weighted by atomic mass is 32.2. The van der Waals surface area contributed by atoms with Gasteiger partial charge in [-0.2, -0.15) is 0 Å². The molecule has 1 saturated carbocycles. The van der Waals surface area contributed by atoms with Crippen LogP contribution in [0.25, 0.3) is 0 Å². The number of hydrogen-bond donors (Lipinski definition) is 2. The third-order valence-electron chi connectivity index (χ3n) is 3.60. The molecule has 0 unspecified atom stereocenters. The molecule has 0 atom stereocenters. The van der Waals surface area contributed by atoms with Crippen molar-refractivity contribution in [2.45, 2.75) is 24.7 Å². The van der Waals surface area contributed by atoms with Gasteiger partial charge in [-0.15, -0.1) is 0 Å². The van der Waals surface area contributed by atoms with Crippen molar-refractivity contribution in [3.8, 4) is 0 Å². The van der Waals surface area contributed by atoms with Crippen LogP contribution in [0.4, 0.5) is 5.69 Å². The van der Waals surface area contributed by atoms with E-state index >= 15 is 0 Å². The van der Waals surface area contributed by atoms with E-state index in [-0.39, 0.29) is 17.1 Å². The molecule has 0 heterocycles. The Morgan fingerprint density at radius 3 is 2.57 bits per heavy atom. The van der Waals surface area contributed by atoms with E-state index < -0.39 is 26.3 Å². The van der Waals surface area contributed by atoms with Gasteiger partial charge < -0.3 is 5.11 Å². The lowest BCUT2D eigenvalue weighted by molar-refractivity contribution is -0.385. The topological polar surface area (TPSA) is 127 Å². The van der Waals surface area contributed by atoms with Crippen LogP contribution in [0.3, 0.4) is 0 Å². The summed E-state index contributed by atoms with van der Waals surface area (Å²) < 4.78 is 26.4. The summed E-state index contributed by atoms with van der Waals surface area (Å²) in [5.74, 6) is -1.04. The van der Waals surface area contributed by atoms with Crippen molar-refractivity contribution in [3.05, 3.63) is 33.9 Å². The molecule has 0 aliphatic heterocycles. The zero-order valence-corrected chi connectivity index (χ0v) is 12.0. The van der Waals surface area contributed by atoms with Crippen LogP contribution >= 0.6 is 0 Å². The van der Waals surface area contributed by atoms with Gasteiger partial charge in [-0.25, -0.2) is 13.1 Å². The van der Waals surface area contributed by atoms with E-state index in [2.05, 4.69) is 4.72 Å². The number of nitrogens with one attached hydrogen (secondary N) is 1. The highest BCUT2D eigenvalue weighted by Crippen LogP contribution is 2.45. The molecule has 9 heteroatoms. The Kier molecular flexibility index (Phi) is 3.72. The fourth-order valence-electron chi connectivity index (χ4n) is 1.89. The molecule has 1 aromatic rings. The third-order valence-corrected chi connectivity index (χ3v) is 4.99. The molecule has 1 fully saturated rings. The molecule has 114 valence electrons. The van der Waals surface area contributed by atoms with E-state index in [1.165, 1.54) is 19.1 Å². The first kappa shape index (κ1) is 15.4. The smallest absolute Gasteiger partial charge is 0.310 e. The van der Waals surface area contributed by atoms with E-state index in [1.807, 2.05) is 0 Å². The summed E-state index contributed by atoms with van der Waals surface area (Å²) in [6.07, 6.45) is 0.831. The maximum Gasteiger partial charge on any atom is 0.310 e. The molecule has 0 radical (unpaired) electrons. The molecule has 21 heavy (non-hydrogen) atoms. The highest BCUT2D eigenvalue weighted by Gasteiger charge is 2.50. The van der Waals surface area contributed by atoms with Gasteiger partial charge in [0.25, 0.3) is 5.69 Å². The van der Waals surface area contributed by atoms with E-state index in [1.54, 1.807) is 0 Å². The second-order valence-corrected chi connectivity index (χ2v) is 6.88. The lowest BCUT2D eigenvalue weighted by atomic mass is 10.1. The lowest BCUT2D eigenvalue weighted by Gasteiger charge is -2.12. The number of carboxylic acid groups (broad SMARTS) is 1. The van der Waals surface area contributed by atoms with Crippen molar-refractivity contribution in [2.24, 2.45) is 5.41 Å². The molecule has 0 aromatic heterocycles. The van der Waals surface area contributed by atoms with Crippen molar-refractivity contribution in [1.29, 1.82) is 0 Å². The number of benzene rings is 1. The first-order valence-corrected chi connectivity index (χ1v) is 7.64. The van der Waals surface area contributed by atoms with Crippen LogP contribution in [0.5, 0.6) is 0 Å². The van der Waals surface area contributed by atoms with E-state index in [9.17, 15) is 23.3 Å². The van der Waals surface area contributed by atoms with Gasteiger partial charge in [0.1, 0.15) is 0 Å². The SMILES string of the molecule is Cc1ccc(S(=O)(=O)NCC2(C(=O)O)CC2)cc1[N+](=O)[O-]. The molecular formula is C12H14N2O6S. The van der Waals surface area contributed by atoms with Crippen molar-refractivity contribution in [3.63, 3.8) is 0 Å². The Balaban J connectivity index is 2.22. The van der Waals surface area contributed by atoms with Crippen LogP contribution in [-0.2, 0) is 14.8 Å². The summed E-state index contributed by atoms with van der Waals surface area (Å²) in [5.41, 5.74) is -0.982. The van der Waals surface area contributed by atoms with E-state index in [0.717, 1.165) is 6.07 Å². The Morgan fingerprint density at radius 1 is 1.48 bits per heavy atom. The quantitative estimate of drug-likeness (QED) is 0.597. The predicted octanol–water partition coefficient (Wildman–Crippen LogP) is 1.05. The van der Waals surface area contributed by atoms with Gasteiger partial charge in [0.2, 0.25) is 10.0 Å². The molecule has 2 N–H and O–H groups in total. The number of hydrogen-bond acceptors (Lipinski definition) is 5. The molecule has 1 aliphatic rings. The van der Waals surface area contributed by atoms with Gasteiger partial charge in [0.15, 0.2) is 0 Å². The second-order valence-electron chi connectivity index (χ2n) is 5.12. The molecule has 1 aromatic carbocycles. The number of nitro groups is 1. The first-order valence-electron chi connectivity index (χ1n) is 6.16. The second kappa shape index (κ2) is 5.08. The van der Waals surface area contributed by atoms with Crippen LogP contribution in [-0.4, -0.2) is 31.0 Å². The molecule has 0 spiro atoms. The zero-order valence-electron chi connectivity index (χ0n) is 11.2. The van der Waals surface area contributed by atoms with Crippen molar-refractivity contribution in [1.82, 2.24) is 4.72 Å². The Hall–Kier alpha value is -2.00. The number of nitro benzene ring substituents is 1. The van der Waals surface area contributed by atoms with E-state index in [4.69, 9.17) is 5.11 Å². The molecule has 0 bridgehead atoms.